The monoisotopic (exact) mass is 229 g/mol. The molecule has 0 aliphatic carbocycles. The van der Waals surface area contributed by atoms with Gasteiger partial charge in [0.2, 0.25) is 0 Å². The van der Waals surface area contributed by atoms with E-state index < -0.39 is 0 Å². The zero-order valence-electron chi connectivity index (χ0n) is 9.76. The van der Waals surface area contributed by atoms with Gasteiger partial charge in [0.05, 0.1) is 0 Å². The molecule has 0 amide bonds. The van der Waals surface area contributed by atoms with Crippen LogP contribution in [0.2, 0.25) is 0 Å². The first-order valence-corrected chi connectivity index (χ1v) is 5.94. The summed E-state index contributed by atoms with van der Waals surface area (Å²) in [4.78, 5) is 4.52. The van der Waals surface area contributed by atoms with Gasteiger partial charge in [0, 0.05) is 12.2 Å². The molecule has 3 rings (SSSR count). The number of aromatic amines is 1. The van der Waals surface area contributed by atoms with E-state index in [1.54, 1.807) is 0 Å². The van der Waals surface area contributed by atoms with Crippen LogP contribution in [-0.4, -0.2) is 21.8 Å². The molecule has 1 aromatic carbocycles. The third-order valence-corrected chi connectivity index (χ3v) is 3.19. The standard InChI is InChI=1S/C13H15N3O/c1-9-7-8-17-11(9)13-14-12(15-16-13)10-5-3-2-4-6-10/h2-6,9,11H,7-8H2,1H3,(H,14,15,16). The largest absolute Gasteiger partial charge is 0.370 e. The molecule has 4 heteroatoms. The molecular weight excluding hydrogens is 214 g/mol. The summed E-state index contributed by atoms with van der Waals surface area (Å²) in [6.07, 6.45) is 1.16. The maximum absolute atomic E-state index is 5.67. The lowest BCUT2D eigenvalue weighted by Crippen LogP contribution is -2.05. The van der Waals surface area contributed by atoms with Crippen molar-refractivity contribution in [3.63, 3.8) is 0 Å². The molecule has 2 unspecified atom stereocenters. The molecule has 1 aromatic heterocycles. The SMILES string of the molecule is CC1CCOC1c1nc(-c2ccccc2)n[nH]1. The molecule has 0 radical (unpaired) electrons. The van der Waals surface area contributed by atoms with E-state index >= 15 is 0 Å². The van der Waals surface area contributed by atoms with Crippen LogP contribution >= 0.6 is 0 Å². The molecule has 17 heavy (non-hydrogen) atoms. The Morgan fingerprint density at radius 3 is 2.82 bits per heavy atom. The molecule has 2 heterocycles. The van der Waals surface area contributed by atoms with Crippen LogP contribution in [0.15, 0.2) is 30.3 Å². The van der Waals surface area contributed by atoms with Crippen LogP contribution in [0, 0.1) is 5.92 Å². The first-order valence-electron chi connectivity index (χ1n) is 5.94. The second kappa shape index (κ2) is 4.30. The van der Waals surface area contributed by atoms with Gasteiger partial charge in [0.25, 0.3) is 0 Å². The van der Waals surface area contributed by atoms with Crippen LogP contribution in [0.4, 0.5) is 0 Å². The van der Waals surface area contributed by atoms with Gasteiger partial charge < -0.3 is 4.74 Å². The highest BCUT2D eigenvalue weighted by Crippen LogP contribution is 2.32. The maximum atomic E-state index is 5.67. The summed E-state index contributed by atoms with van der Waals surface area (Å²) in [5.74, 6) is 2.09. The molecule has 1 aliphatic rings. The van der Waals surface area contributed by atoms with Gasteiger partial charge >= 0.3 is 0 Å². The van der Waals surface area contributed by atoms with Crippen LogP contribution in [0.1, 0.15) is 25.3 Å². The summed E-state index contributed by atoms with van der Waals surface area (Å²) in [6, 6.07) is 9.97. The highest BCUT2D eigenvalue weighted by Gasteiger charge is 2.28. The van der Waals surface area contributed by atoms with Gasteiger partial charge in [-0.3, -0.25) is 5.10 Å². The van der Waals surface area contributed by atoms with Gasteiger partial charge in [-0.05, 0) is 12.3 Å². The molecule has 0 bridgehead atoms. The van der Waals surface area contributed by atoms with E-state index in [2.05, 4.69) is 22.1 Å². The number of nitrogens with zero attached hydrogens (tertiary/aromatic N) is 2. The lowest BCUT2D eigenvalue weighted by molar-refractivity contribution is 0.0876. The van der Waals surface area contributed by atoms with E-state index in [9.17, 15) is 0 Å². The molecule has 1 N–H and O–H groups in total. The van der Waals surface area contributed by atoms with E-state index in [-0.39, 0.29) is 6.10 Å². The number of aromatic nitrogens is 3. The van der Waals surface area contributed by atoms with E-state index in [0.29, 0.717) is 5.92 Å². The normalized spacial score (nSPS) is 24.1. The highest BCUT2D eigenvalue weighted by atomic mass is 16.5. The number of H-pyrrole nitrogens is 1. The number of hydrogen-bond acceptors (Lipinski definition) is 3. The zero-order valence-corrected chi connectivity index (χ0v) is 9.76. The zero-order chi connectivity index (χ0) is 11.7. The average Bonchev–Trinajstić information content (AvgIpc) is 2.98. The van der Waals surface area contributed by atoms with Gasteiger partial charge in [-0.1, -0.05) is 37.3 Å². The van der Waals surface area contributed by atoms with Crippen LogP contribution in [-0.2, 0) is 4.74 Å². The summed E-state index contributed by atoms with van der Waals surface area (Å²) >= 11 is 0. The molecule has 88 valence electrons. The van der Waals surface area contributed by atoms with Gasteiger partial charge in [0.15, 0.2) is 11.6 Å². The molecule has 2 aromatic rings. The van der Waals surface area contributed by atoms with Crippen LogP contribution in [0.5, 0.6) is 0 Å². The number of ether oxygens (including phenoxy) is 1. The molecule has 2 atom stereocenters. The minimum Gasteiger partial charge on any atom is -0.370 e. The van der Waals surface area contributed by atoms with E-state index in [1.807, 2.05) is 30.3 Å². The minimum atomic E-state index is 0.0694. The summed E-state index contributed by atoms with van der Waals surface area (Å²) in [6.45, 7) is 3.00. The van der Waals surface area contributed by atoms with Gasteiger partial charge in [-0.2, -0.15) is 5.10 Å². The van der Waals surface area contributed by atoms with Crippen molar-refractivity contribution in [1.82, 2.24) is 15.2 Å². The molecule has 4 nitrogen and oxygen atoms in total. The Kier molecular flexibility index (Phi) is 2.65. The van der Waals surface area contributed by atoms with Crippen molar-refractivity contribution in [2.24, 2.45) is 5.92 Å². The first-order chi connectivity index (χ1) is 8.34. The van der Waals surface area contributed by atoms with Crippen LogP contribution < -0.4 is 0 Å². The quantitative estimate of drug-likeness (QED) is 0.861. The number of rotatable bonds is 2. The average molecular weight is 229 g/mol. The van der Waals surface area contributed by atoms with Crippen molar-refractivity contribution in [2.45, 2.75) is 19.4 Å². The lowest BCUT2D eigenvalue weighted by Gasteiger charge is -2.09. The summed E-state index contributed by atoms with van der Waals surface area (Å²) < 4.78 is 5.67. The van der Waals surface area contributed by atoms with Crippen LogP contribution in [0.3, 0.4) is 0 Å². The third-order valence-electron chi connectivity index (χ3n) is 3.19. The summed E-state index contributed by atoms with van der Waals surface area (Å²) in [5.41, 5.74) is 1.03. The predicted octanol–water partition coefficient (Wildman–Crippen LogP) is 2.57. The van der Waals surface area contributed by atoms with Gasteiger partial charge in [0.1, 0.15) is 6.10 Å². The van der Waals surface area contributed by atoms with Crippen molar-refractivity contribution in [2.75, 3.05) is 6.61 Å². The molecular formula is C13H15N3O. The van der Waals surface area contributed by atoms with E-state index in [4.69, 9.17) is 4.74 Å². The topological polar surface area (TPSA) is 50.8 Å². The second-order valence-corrected chi connectivity index (χ2v) is 4.47. The Hall–Kier alpha value is -1.68. The maximum Gasteiger partial charge on any atom is 0.181 e. The third kappa shape index (κ3) is 1.96. The molecule has 0 saturated carbocycles. The summed E-state index contributed by atoms with van der Waals surface area (Å²) in [5, 5.41) is 7.24. The fourth-order valence-corrected chi connectivity index (χ4v) is 2.16. The van der Waals surface area contributed by atoms with Crippen molar-refractivity contribution < 1.29 is 4.74 Å². The van der Waals surface area contributed by atoms with E-state index in [1.165, 1.54) is 0 Å². The van der Waals surface area contributed by atoms with Crippen molar-refractivity contribution in [3.05, 3.63) is 36.2 Å². The Balaban J connectivity index is 1.88. The fraction of sp³-hybridized carbons (Fsp3) is 0.385. The van der Waals surface area contributed by atoms with Crippen molar-refractivity contribution in [3.8, 4) is 11.4 Å². The number of hydrogen-bond donors (Lipinski definition) is 1. The summed E-state index contributed by atoms with van der Waals surface area (Å²) in [7, 11) is 0. The van der Waals surface area contributed by atoms with Gasteiger partial charge in [-0.15, -0.1) is 0 Å². The van der Waals surface area contributed by atoms with E-state index in [0.717, 1.165) is 30.2 Å². The molecule has 0 spiro atoms. The lowest BCUT2D eigenvalue weighted by atomic mass is 10.0. The van der Waals surface area contributed by atoms with Gasteiger partial charge in [-0.25, -0.2) is 4.98 Å². The number of benzene rings is 1. The second-order valence-electron chi connectivity index (χ2n) is 4.47. The molecule has 1 saturated heterocycles. The highest BCUT2D eigenvalue weighted by molar-refractivity contribution is 5.53. The van der Waals surface area contributed by atoms with Crippen molar-refractivity contribution in [1.29, 1.82) is 0 Å². The van der Waals surface area contributed by atoms with Crippen LogP contribution in [0.25, 0.3) is 11.4 Å². The number of nitrogens with one attached hydrogen (secondary N) is 1. The van der Waals surface area contributed by atoms with Crippen molar-refractivity contribution >= 4 is 0 Å². The Labute approximate surface area is 100 Å². The smallest absolute Gasteiger partial charge is 0.181 e. The first kappa shape index (κ1) is 10.5. The Morgan fingerprint density at radius 1 is 1.29 bits per heavy atom. The predicted molar refractivity (Wildman–Crippen MR) is 64.3 cm³/mol. The Bertz CT molecular complexity index is 494. The molecule has 1 aliphatic heterocycles. The Morgan fingerprint density at radius 2 is 2.12 bits per heavy atom. The molecule has 1 fully saturated rings. The minimum absolute atomic E-state index is 0.0694. The fourth-order valence-electron chi connectivity index (χ4n) is 2.16.